The van der Waals surface area contributed by atoms with Gasteiger partial charge in [-0.05, 0) is 38.5 Å². The van der Waals surface area contributed by atoms with Crippen molar-refractivity contribution in [3.8, 4) is 0 Å². The Morgan fingerprint density at radius 1 is 0.581 bits per heavy atom. The third kappa shape index (κ3) is 23.4. The molecule has 0 aliphatic heterocycles. The lowest BCUT2D eigenvalue weighted by atomic mass is 10.0. The zero-order valence-corrected chi connectivity index (χ0v) is 20.8. The molecular formula is C27H52O4. The van der Waals surface area contributed by atoms with E-state index in [1.54, 1.807) is 0 Å². The highest BCUT2D eigenvalue weighted by Crippen LogP contribution is 2.18. The van der Waals surface area contributed by atoms with Crippen LogP contribution in [-0.4, -0.2) is 23.1 Å². The van der Waals surface area contributed by atoms with Crippen molar-refractivity contribution >= 4 is 11.9 Å². The van der Waals surface area contributed by atoms with Crippen molar-refractivity contribution in [2.75, 3.05) is 0 Å². The van der Waals surface area contributed by atoms with E-state index in [0.717, 1.165) is 70.6 Å². The fraction of sp³-hybridized carbons (Fsp3) is 0.926. The largest absolute Gasteiger partial charge is 0.481 e. The van der Waals surface area contributed by atoms with Crippen LogP contribution in [0.2, 0.25) is 0 Å². The van der Waals surface area contributed by atoms with Crippen LogP contribution in [0.4, 0.5) is 0 Å². The maximum atomic E-state index is 12.3. The Morgan fingerprint density at radius 3 is 1.42 bits per heavy atom. The molecule has 0 bridgehead atoms. The van der Waals surface area contributed by atoms with Gasteiger partial charge in [-0.3, -0.25) is 9.59 Å². The highest BCUT2D eigenvalue weighted by molar-refractivity contribution is 5.69. The molecule has 0 radical (unpaired) electrons. The molecule has 0 saturated carbocycles. The van der Waals surface area contributed by atoms with E-state index in [1.165, 1.54) is 57.8 Å². The predicted octanol–water partition coefficient (Wildman–Crippen LogP) is 8.60. The molecule has 0 saturated heterocycles. The molecule has 0 aliphatic rings. The van der Waals surface area contributed by atoms with E-state index >= 15 is 0 Å². The lowest BCUT2D eigenvalue weighted by Gasteiger charge is -2.18. The average Bonchev–Trinajstić information content (AvgIpc) is 2.74. The summed E-state index contributed by atoms with van der Waals surface area (Å²) in [5, 5.41) is 8.68. The van der Waals surface area contributed by atoms with Crippen molar-refractivity contribution in [2.24, 2.45) is 0 Å². The summed E-state index contributed by atoms with van der Waals surface area (Å²) in [5.74, 6) is -0.694. The zero-order chi connectivity index (χ0) is 23.0. The van der Waals surface area contributed by atoms with E-state index < -0.39 is 5.97 Å². The first-order valence-electron chi connectivity index (χ1n) is 13.5. The van der Waals surface area contributed by atoms with Gasteiger partial charge in [0.15, 0.2) is 0 Å². The van der Waals surface area contributed by atoms with E-state index in [9.17, 15) is 9.59 Å². The Morgan fingerprint density at radius 2 is 0.968 bits per heavy atom. The van der Waals surface area contributed by atoms with Gasteiger partial charge in [0.2, 0.25) is 0 Å². The minimum Gasteiger partial charge on any atom is -0.481 e. The number of carboxylic acids is 1. The number of ether oxygens (including phenoxy) is 1. The number of hydrogen-bond donors (Lipinski definition) is 1. The summed E-state index contributed by atoms with van der Waals surface area (Å²) in [7, 11) is 0. The number of rotatable bonds is 24. The first-order valence-corrected chi connectivity index (χ1v) is 13.5. The van der Waals surface area contributed by atoms with Crippen LogP contribution in [0.5, 0.6) is 0 Å². The minimum absolute atomic E-state index is 0.000134. The van der Waals surface area contributed by atoms with Crippen LogP contribution >= 0.6 is 0 Å². The Balaban J connectivity index is 4.02. The van der Waals surface area contributed by atoms with Gasteiger partial charge in [-0.1, -0.05) is 104 Å². The quantitative estimate of drug-likeness (QED) is 0.120. The van der Waals surface area contributed by atoms with Gasteiger partial charge in [-0.2, -0.15) is 0 Å². The van der Waals surface area contributed by atoms with Gasteiger partial charge in [-0.25, -0.2) is 0 Å². The van der Waals surface area contributed by atoms with Crippen LogP contribution in [0.25, 0.3) is 0 Å². The number of carbonyl (C=O) groups is 2. The number of unbranched alkanes of at least 4 members (excludes halogenated alkanes) is 15. The van der Waals surface area contributed by atoms with Crippen LogP contribution in [0.15, 0.2) is 0 Å². The van der Waals surface area contributed by atoms with Crippen molar-refractivity contribution < 1.29 is 19.4 Å². The number of aliphatic carboxylic acids is 1. The lowest BCUT2D eigenvalue weighted by Crippen LogP contribution is -2.18. The van der Waals surface area contributed by atoms with Gasteiger partial charge in [0.1, 0.15) is 6.10 Å². The molecule has 4 heteroatoms. The third-order valence-corrected chi connectivity index (χ3v) is 6.08. The Labute approximate surface area is 192 Å². The molecule has 0 heterocycles. The minimum atomic E-state index is -0.694. The highest BCUT2D eigenvalue weighted by atomic mass is 16.5. The summed E-state index contributed by atoms with van der Waals surface area (Å²) in [6, 6.07) is 0. The van der Waals surface area contributed by atoms with Crippen LogP contribution < -0.4 is 0 Å². The Kier molecular flexibility index (Phi) is 22.8. The van der Waals surface area contributed by atoms with Gasteiger partial charge >= 0.3 is 11.9 Å². The molecule has 0 aliphatic carbocycles. The lowest BCUT2D eigenvalue weighted by molar-refractivity contribution is -0.150. The van der Waals surface area contributed by atoms with Crippen molar-refractivity contribution in [3.05, 3.63) is 0 Å². The van der Waals surface area contributed by atoms with Crippen molar-refractivity contribution in [3.63, 3.8) is 0 Å². The number of hydrogen-bond acceptors (Lipinski definition) is 3. The van der Waals surface area contributed by atoms with Crippen LogP contribution in [0.3, 0.4) is 0 Å². The molecule has 0 aromatic heterocycles. The van der Waals surface area contributed by atoms with Gasteiger partial charge in [0.05, 0.1) is 0 Å². The molecule has 184 valence electrons. The first kappa shape index (κ1) is 29.9. The number of carboxylic acid groups (broad SMARTS) is 1. The molecule has 0 fully saturated rings. The topological polar surface area (TPSA) is 63.6 Å². The van der Waals surface area contributed by atoms with Crippen LogP contribution in [0.1, 0.15) is 155 Å². The maximum Gasteiger partial charge on any atom is 0.306 e. The van der Waals surface area contributed by atoms with Crippen LogP contribution in [-0.2, 0) is 14.3 Å². The van der Waals surface area contributed by atoms with Gasteiger partial charge in [0.25, 0.3) is 0 Å². The molecule has 31 heavy (non-hydrogen) atoms. The summed E-state index contributed by atoms with van der Waals surface area (Å²) in [6.07, 6.45) is 24.0. The molecule has 4 nitrogen and oxygen atoms in total. The van der Waals surface area contributed by atoms with E-state index in [0.29, 0.717) is 6.42 Å². The summed E-state index contributed by atoms with van der Waals surface area (Å²) in [5.41, 5.74) is 0. The molecule has 1 atom stereocenters. The SMILES string of the molecule is CCCCCCCCC(=O)OC(CCCCCCCC)CCCCCCCCC(=O)O. The first-order chi connectivity index (χ1) is 15.1. The summed E-state index contributed by atoms with van der Waals surface area (Å²) in [6.45, 7) is 4.46. The third-order valence-electron chi connectivity index (χ3n) is 6.08. The molecule has 0 aromatic rings. The Hall–Kier alpha value is -1.06. The normalized spacial score (nSPS) is 12.1. The molecule has 1 N–H and O–H groups in total. The molecule has 0 amide bonds. The van der Waals surface area contributed by atoms with E-state index in [1.807, 2.05) is 0 Å². The molecule has 1 unspecified atom stereocenters. The summed E-state index contributed by atoms with van der Waals surface area (Å²) < 4.78 is 5.87. The second kappa shape index (κ2) is 23.6. The van der Waals surface area contributed by atoms with Gasteiger partial charge < -0.3 is 9.84 Å². The smallest absolute Gasteiger partial charge is 0.306 e. The van der Waals surface area contributed by atoms with Crippen LogP contribution in [0, 0.1) is 0 Å². The molecular weight excluding hydrogens is 388 g/mol. The standard InChI is InChI=1S/C27H52O4/c1-3-5-7-9-13-17-21-25(22-18-14-11-12-15-19-23-26(28)29)31-27(30)24-20-16-10-8-6-4-2/h25H,3-24H2,1-2H3,(H,28,29). The highest BCUT2D eigenvalue weighted by Gasteiger charge is 2.14. The molecule has 0 spiro atoms. The van der Waals surface area contributed by atoms with Crippen molar-refractivity contribution in [2.45, 2.75) is 161 Å². The second-order valence-electron chi connectivity index (χ2n) is 9.24. The van der Waals surface area contributed by atoms with Gasteiger partial charge in [0, 0.05) is 12.8 Å². The fourth-order valence-electron chi connectivity index (χ4n) is 4.06. The number of carbonyl (C=O) groups excluding carboxylic acids is 1. The number of esters is 1. The monoisotopic (exact) mass is 440 g/mol. The predicted molar refractivity (Wildman–Crippen MR) is 130 cm³/mol. The fourth-order valence-corrected chi connectivity index (χ4v) is 4.06. The van der Waals surface area contributed by atoms with Crippen molar-refractivity contribution in [1.29, 1.82) is 0 Å². The zero-order valence-electron chi connectivity index (χ0n) is 20.8. The average molecular weight is 441 g/mol. The van der Waals surface area contributed by atoms with Crippen molar-refractivity contribution in [1.82, 2.24) is 0 Å². The maximum absolute atomic E-state index is 12.3. The Bertz CT molecular complexity index is 408. The van der Waals surface area contributed by atoms with E-state index in [4.69, 9.17) is 9.84 Å². The van der Waals surface area contributed by atoms with E-state index in [-0.39, 0.29) is 18.5 Å². The summed E-state index contributed by atoms with van der Waals surface area (Å²) in [4.78, 5) is 22.8. The van der Waals surface area contributed by atoms with E-state index in [2.05, 4.69) is 13.8 Å². The van der Waals surface area contributed by atoms with Gasteiger partial charge in [-0.15, -0.1) is 0 Å². The summed E-state index contributed by atoms with van der Waals surface area (Å²) >= 11 is 0. The molecule has 0 aromatic carbocycles. The second-order valence-corrected chi connectivity index (χ2v) is 9.24. The molecule has 0 rings (SSSR count).